The molecule has 0 radical (unpaired) electrons. The molecule has 2 atom stereocenters. The highest BCUT2D eigenvalue weighted by Gasteiger charge is 2.63. The summed E-state index contributed by atoms with van der Waals surface area (Å²) >= 11 is 0. The number of anilines is 1. The lowest BCUT2D eigenvalue weighted by Crippen LogP contribution is -2.58. The Balaban J connectivity index is 1.32. The predicted molar refractivity (Wildman–Crippen MR) is 128 cm³/mol. The summed E-state index contributed by atoms with van der Waals surface area (Å²) in [7, 11) is 1.32. The number of nitrogens with one attached hydrogen (secondary N) is 1. The van der Waals surface area contributed by atoms with Crippen LogP contribution in [0.25, 0.3) is 16.8 Å². The number of ether oxygens (including phenoxy) is 1. The van der Waals surface area contributed by atoms with E-state index in [9.17, 15) is 32.3 Å². The summed E-state index contributed by atoms with van der Waals surface area (Å²) < 4.78 is 60.3. The van der Waals surface area contributed by atoms with Crippen molar-refractivity contribution in [1.29, 1.82) is 0 Å². The minimum absolute atomic E-state index is 0.00385. The molecule has 1 saturated heterocycles. The van der Waals surface area contributed by atoms with Crippen molar-refractivity contribution in [2.45, 2.75) is 43.8 Å². The number of methoxy groups -OCH3 is 1. The monoisotopic (exact) mass is 551 g/mol. The molecule has 39 heavy (non-hydrogen) atoms. The van der Waals surface area contributed by atoms with Gasteiger partial charge in [0.1, 0.15) is 23.6 Å². The van der Waals surface area contributed by atoms with Gasteiger partial charge in [-0.25, -0.2) is 18.9 Å². The second kappa shape index (κ2) is 9.32. The normalized spacial score (nSPS) is 25.0. The maximum absolute atomic E-state index is 14.8. The fourth-order valence-corrected chi connectivity index (χ4v) is 5.12. The number of nitrogen functional groups attached to an aromatic ring is 1. The molecule has 3 aromatic rings. The van der Waals surface area contributed by atoms with E-state index in [1.807, 2.05) is 6.92 Å². The standard InChI is InChI=1S/C24H25F4N7O4/c1-11-3-17(35-18(11)19(29)31-10-32-35)12-4-14(21(39-2)30-7-12)20(36)33-16-9-34(8-15(16)25)22(37)13-5-23(38,6-13)24(26,27)28/h3-4,7,10,13,15-16,38H,5-6,8-9H2,1-2H3,(H,33,36)(H2,29,31,32)/t13?,15-,16?,23?/m0/s1. The number of hydrogen-bond acceptors (Lipinski definition) is 8. The first kappa shape index (κ1) is 26.6. The zero-order valence-electron chi connectivity index (χ0n) is 20.9. The van der Waals surface area contributed by atoms with Crippen LogP contribution < -0.4 is 15.8 Å². The average Bonchev–Trinajstić information content (AvgIpc) is 3.40. The van der Waals surface area contributed by atoms with Gasteiger partial charge < -0.3 is 25.8 Å². The van der Waals surface area contributed by atoms with Crippen LogP contribution in [0.5, 0.6) is 5.88 Å². The first-order valence-electron chi connectivity index (χ1n) is 12.0. The molecule has 1 aliphatic carbocycles. The number of aryl methyl sites for hydroxylation is 1. The van der Waals surface area contributed by atoms with Gasteiger partial charge in [-0.3, -0.25) is 9.59 Å². The van der Waals surface area contributed by atoms with Gasteiger partial charge in [0.25, 0.3) is 5.91 Å². The molecule has 4 heterocycles. The molecule has 4 N–H and O–H groups in total. The fourth-order valence-electron chi connectivity index (χ4n) is 5.12. The minimum atomic E-state index is -4.85. The summed E-state index contributed by atoms with van der Waals surface area (Å²) in [5, 5.41) is 16.4. The van der Waals surface area contributed by atoms with Gasteiger partial charge in [-0.1, -0.05) is 0 Å². The first-order valence-corrected chi connectivity index (χ1v) is 12.0. The number of aromatic nitrogens is 4. The second-order valence-electron chi connectivity index (χ2n) is 9.87. The molecule has 2 aliphatic rings. The van der Waals surface area contributed by atoms with Gasteiger partial charge in [0, 0.05) is 24.2 Å². The molecule has 11 nitrogen and oxygen atoms in total. The van der Waals surface area contributed by atoms with Crippen LogP contribution in [0, 0.1) is 12.8 Å². The third-order valence-corrected chi connectivity index (χ3v) is 7.28. The van der Waals surface area contributed by atoms with E-state index in [4.69, 9.17) is 10.5 Å². The maximum Gasteiger partial charge on any atom is 0.417 e. The van der Waals surface area contributed by atoms with Crippen molar-refractivity contribution in [2.24, 2.45) is 5.92 Å². The zero-order valence-corrected chi connectivity index (χ0v) is 20.9. The molecule has 0 bridgehead atoms. The van der Waals surface area contributed by atoms with Crippen molar-refractivity contribution >= 4 is 23.1 Å². The molecule has 1 aliphatic heterocycles. The summed E-state index contributed by atoms with van der Waals surface area (Å²) in [6.45, 7) is 1.20. The summed E-state index contributed by atoms with van der Waals surface area (Å²) in [4.78, 5) is 35.1. The number of carbonyl (C=O) groups is 2. The van der Waals surface area contributed by atoms with Crippen LogP contribution in [0.15, 0.2) is 24.7 Å². The first-order chi connectivity index (χ1) is 18.3. The highest BCUT2D eigenvalue weighted by Crippen LogP contribution is 2.49. The Morgan fingerprint density at radius 3 is 2.62 bits per heavy atom. The molecule has 15 heteroatoms. The molecule has 1 unspecified atom stereocenters. The zero-order chi connectivity index (χ0) is 28.3. The molecule has 3 aromatic heterocycles. The lowest BCUT2D eigenvalue weighted by molar-refractivity contribution is -0.296. The molecule has 0 spiro atoms. The van der Waals surface area contributed by atoms with Crippen molar-refractivity contribution < 1.29 is 37.0 Å². The highest BCUT2D eigenvalue weighted by atomic mass is 19.4. The van der Waals surface area contributed by atoms with Crippen LogP contribution >= 0.6 is 0 Å². The molecule has 0 aromatic carbocycles. The number of halogens is 4. The topological polar surface area (TPSA) is 148 Å². The van der Waals surface area contributed by atoms with Crippen molar-refractivity contribution in [3.05, 3.63) is 35.8 Å². The van der Waals surface area contributed by atoms with Crippen LogP contribution in [0.4, 0.5) is 23.4 Å². The number of rotatable bonds is 5. The number of fused-ring (bicyclic) bond motifs is 1. The smallest absolute Gasteiger partial charge is 0.417 e. The molecule has 2 fully saturated rings. The Hall–Kier alpha value is -4.01. The van der Waals surface area contributed by atoms with E-state index >= 15 is 0 Å². The van der Waals surface area contributed by atoms with Crippen LogP contribution in [0.2, 0.25) is 0 Å². The number of alkyl halides is 4. The number of hydrogen-bond donors (Lipinski definition) is 3. The van der Waals surface area contributed by atoms with Gasteiger partial charge in [-0.2, -0.15) is 18.3 Å². The number of amides is 2. The third-order valence-electron chi connectivity index (χ3n) is 7.28. The Bertz CT molecular complexity index is 1450. The molecular formula is C24H25F4N7O4. The Morgan fingerprint density at radius 2 is 1.95 bits per heavy atom. The Morgan fingerprint density at radius 1 is 1.23 bits per heavy atom. The van der Waals surface area contributed by atoms with E-state index in [-0.39, 0.29) is 23.8 Å². The number of likely N-dealkylation sites (tertiary alicyclic amines) is 1. The summed E-state index contributed by atoms with van der Waals surface area (Å²) in [5.74, 6) is -2.23. The average molecular weight is 552 g/mol. The lowest BCUT2D eigenvalue weighted by atomic mass is 9.70. The molecule has 1 saturated carbocycles. The third kappa shape index (κ3) is 4.49. The van der Waals surface area contributed by atoms with E-state index in [1.165, 1.54) is 25.7 Å². The van der Waals surface area contributed by atoms with Crippen molar-refractivity contribution in [3.63, 3.8) is 0 Å². The van der Waals surface area contributed by atoms with Gasteiger partial charge in [0.05, 0.1) is 25.4 Å². The highest BCUT2D eigenvalue weighted by molar-refractivity contribution is 5.98. The van der Waals surface area contributed by atoms with Crippen LogP contribution in [-0.2, 0) is 4.79 Å². The van der Waals surface area contributed by atoms with Gasteiger partial charge in [0.15, 0.2) is 11.4 Å². The predicted octanol–water partition coefficient (Wildman–Crippen LogP) is 1.67. The van der Waals surface area contributed by atoms with Crippen LogP contribution in [-0.4, -0.2) is 85.6 Å². The summed E-state index contributed by atoms with van der Waals surface area (Å²) in [6.07, 6.45) is -5.29. The van der Waals surface area contributed by atoms with E-state index < -0.39 is 61.1 Å². The van der Waals surface area contributed by atoms with Gasteiger partial charge >= 0.3 is 6.18 Å². The number of aliphatic hydroxyl groups is 1. The lowest BCUT2D eigenvalue weighted by Gasteiger charge is -2.44. The van der Waals surface area contributed by atoms with Gasteiger partial charge in [0.2, 0.25) is 11.8 Å². The Kier molecular flexibility index (Phi) is 6.36. The van der Waals surface area contributed by atoms with Crippen LogP contribution in [0.3, 0.4) is 0 Å². The SMILES string of the molecule is COc1ncc(-c2cc(C)c3c(N)ncnn23)cc1C(=O)NC1CN(C(=O)C2CC(O)(C(F)(F)F)C2)C[C@@H]1F. The molecule has 5 rings (SSSR count). The van der Waals surface area contributed by atoms with Crippen molar-refractivity contribution in [2.75, 3.05) is 25.9 Å². The van der Waals surface area contributed by atoms with Crippen molar-refractivity contribution in [3.8, 4) is 17.1 Å². The Labute approximate surface area is 219 Å². The van der Waals surface area contributed by atoms with Gasteiger partial charge in [-0.15, -0.1) is 0 Å². The quantitative estimate of drug-likeness (QED) is 0.406. The maximum atomic E-state index is 14.8. The molecular weight excluding hydrogens is 526 g/mol. The van der Waals surface area contributed by atoms with E-state index in [2.05, 4.69) is 20.4 Å². The second-order valence-corrected chi connectivity index (χ2v) is 9.87. The van der Waals surface area contributed by atoms with Crippen LogP contribution in [0.1, 0.15) is 28.8 Å². The summed E-state index contributed by atoms with van der Waals surface area (Å²) in [5.41, 5.74) is 5.50. The fraction of sp³-hybridized carbons (Fsp3) is 0.458. The van der Waals surface area contributed by atoms with E-state index in [0.717, 1.165) is 10.5 Å². The van der Waals surface area contributed by atoms with Crippen molar-refractivity contribution in [1.82, 2.24) is 29.8 Å². The number of nitrogens with two attached hydrogens (primary N) is 1. The number of carbonyl (C=O) groups excluding carboxylic acids is 2. The molecule has 208 valence electrons. The number of nitrogens with zero attached hydrogens (tertiary/aromatic N) is 5. The number of pyridine rings is 1. The van der Waals surface area contributed by atoms with E-state index in [1.54, 1.807) is 10.6 Å². The molecule has 2 amide bonds. The summed E-state index contributed by atoms with van der Waals surface area (Å²) in [6, 6.07) is 2.18. The largest absolute Gasteiger partial charge is 0.480 e. The van der Waals surface area contributed by atoms with E-state index in [0.29, 0.717) is 16.8 Å². The minimum Gasteiger partial charge on any atom is -0.480 e. The van der Waals surface area contributed by atoms with Gasteiger partial charge in [-0.05, 0) is 37.5 Å².